The maximum Gasteiger partial charge on any atom is 0.288 e. The third-order valence-corrected chi connectivity index (χ3v) is 4.44. The van der Waals surface area contributed by atoms with Crippen LogP contribution < -0.4 is 0 Å². The number of aromatic nitrogens is 2. The highest BCUT2D eigenvalue weighted by Crippen LogP contribution is 2.30. The minimum Gasteiger partial charge on any atom is -0.258 e. The number of nitro benzene ring substituents is 1. The summed E-state index contributed by atoms with van der Waals surface area (Å²) in [5.41, 5.74) is 0.771. The summed E-state index contributed by atoms with van der Waals surface area (Å²) < 4.78 is 0.852. The van der Waals surface area contributed by atoms with Crippen molar-refractivity contribution in [2.75, 3.05) is 0 Å². The molecule has 0 saturated carbocycles. The first-order valence-electron chi connectivity index (χ1n) is 4.92. The second-order valence-corrected chi connectivity index (χ2v) is 6.23. The Balaban J connectivity index is 2.10. The number of benzene rings is 1. The molecule has 2 aromatic rings. The summed E-state index contributed by atoms with van der Waals surface area (Å²) in [5.74, 6) is 0.604. The van der Waals surface area contributed by atoms with Crippen molar-refractivity contribution in [1.29, 1.82) is 0 Å². The van der Waals surface area contributed by atoms with Crippen LogP contribution >= 0.6 is 34.7 Å². The largest absolute Gasteiger partial charge is 0.288 e. The molecular formula is C10H8ClN3O2S2. The van der Waals surface area contributed by atoms with Crippen LogP contribution in [0, 0.1) is 17.0 Å². The molecule has 5 nitrogen and oxygen atoms in total. The van der Waals surface area contributed by atoms with Crippen LogP contribution in [0.2, 0.25) is 5.02 Å². The molecule has 0 aliphatic heterocycles. The highest BCUT2D eigenvalue weighted by Gasteiger charge is 2.13. The first-order chi connectivity index (χ1) is 8.56. The average molecular weight is 302 g/mol. The third-order valence-electron chi connectivity index (χ3n) is 2.08. The summed E-state index contributed by atoms with van der Waals surface area (Å²) in [7, 11) is 0. The van der Waals surface area contributed by atoms with Crippen LogP contribution in [0.5, 0.6) is 0 Å². The van der Waals surface area contributed by atoms with Gasteiger partial charge in [0.2, 0.25) is 0 Å². The minimum atomic E-state index is -0.481. The van der Waals surface area contributed by atoms with Crippen molar-refractivity contribution in [3.63, 3.8) is 0 Å². The molecule has 0 aliphatic carbocycles. The number of hydrogen-bond acceptors (Lipinski definition) is 6. The monoisotopic (exact) mass is 301 g/mol. The zero-order chi connectivity index (χ0) is 13.1. The van der Waals surface area contributed by atoms with Crippen molar-refractivity contribution in [3.8, 4) is 0 Å². The van der Waals surface area contributed by atoms with Crippen molar-refractivity contribution in [3.05, 3.63) is 43.9 Å². The molecule has 0 bridgehead atoms. The molecule has 0 spiro atoms. The molecule has 0 radical (unpaired) electrons. The fourth-order valence-corrected chi connectivity index (χ4v) is 3.21. The lowest BCUT2D eigenvalue weighted by Crippen LogP contribution is -1.91. The van der Waals surface area contributed by atoms with E-state index >= 15 is 0 Å². The van der Waals surface area contributed by atoms with Gasteiger partial charge in [-0.05, 0) is 18.6 Å². The number of aryl methyl sites for hydroxylation is 1. The van der Waals surface area contributed by atoms with Gasteiger partial charge in [-0.15, -0.1) is 10.2 Å². The lowest BCUT2D eigenvalue weighted by Gasteiger charge is -2.00. The predicted molar refractivity (Wildman–Crippen MR) is 72.3 cm³/mol. The number of nitrogens with zero attached hydrogens (tertiary/aromatic N) is 3. The van der Waals surface area contributed by atoms with E-state index in [-0.39, 0.29) is 10.7 Å². The van der Waals surface area contributed by atoms with Gasteiger partial charge < -0.3 is 0 Å². The highest BCUT2D eigenvalue weighted by atomic mass is 35.5. The molecule has 1 heterocycles. The highest BCUT2D eigenvalue weighted by molar-refractivity contribution is 8.00. The van der Waals surface area contributed by atoms with E-state index in [0.29, 0.717) is 5.75 Å². The van der Waals surface area contributed by atoms with Crippen LogP contribution in [0.15, 0.2) is 22.5 Å². The molecule has 0 atom stereocenters. The van der Waals surface area contributed by atoms with Crippen LogP contribution in [0.4, 0.5) is 5.69 Å². The number of halogens is 1. The summed E-state index contributed by atoms with van der Waals surface area (Å²) in [6, 6.07) is 4.81. The van der Waals surface area contributed by atoms with Crippen molar-refractivity contribution in [2.24, 2.45) is 0 Å². The molecule has 0 aliphatic rings. The lowest BCUT2D eigenvalue weighted by molar-refractivity contribution is -0.384. The van der Waals surface area contributed by atoms with Gasteiger partial charge in [-0.25, -0.2) is 0 Å². The quantitative estimate of drug-likeness (QED) is 0.489. The zero-order valence-corrected chi connectivity index (χ0v) is 11.7. The maximum absolute atomic E-state index is 10.7. The molecular weight excluding hydrogens is 294 g/mol. The summed E-state index contributed by atoms with van der Waals surface area (Å²) in [6.07, 6.45) is 0. The Hall–Kier alpha value is -1.18. The second-order valence-electron chi connectivity index (χ2n) is 3.42. The molecule has 0 N–H and O–H groups in total. The molecule has 94 valence electrons. The Morgan fingerprint density at radius 2 is 2.28 bits per heavy atom. The normalized spacial score (nSPS) is 10.6. The molecule has 0 amide bonds. The van der Waals surface area contributed by atoms with Crippen molar-refractivity contribution in [1.82, 2.24) is 10.2 Å². The van der Waals surface area contributed by atoms with E-state index in [1.807, 2.05) is 6.92 Å². The fraction of sp³-hybridized carbons (Fsp3) is 0.200. The topological polar surface area (TPSA) is 68.9 Å². The van der Waals surface area contributed by atoms with Crippen molar-refractivity contribution < 1.29 is 4.92 Å². The van der Waals surface area contributed by atoms with Crippen LogP contribution in [-0.2, 0) is 5.75 Å². The summed E-state index contributed by atoms with van der Waals surface area (Å²) >= 11 is 8.74. The first kappa shape index (κ1) is 13.3. The summed E-state index contributed by atoms with van der Waals surface area (Å²) in [4.78, 5) is 10.3. The molecule has 18 heavy (non-hydrogen) atoms. The summed E-state index contributed by atoms with van der Waals surface area (Å²) in [6.45, 7) is 1.88. The number of thioether (sulfide) groups is 1. The average Bonchev–Trinajstić information content (AvgIpc) is 2.74. The van der Waals surface area contributed by atoms with Gasteiger partial charge in [0.05, 0.1) is 4.92 Å². The van der Waals surface area contributed by atoms with E-state index in [2.05, 4.69) is 10.2 Å². The number of rotatable bonds is 4. The van der Waals surface area contributed by atoms with Crippen molar-refractivity contribution >= 4 is 40.4 Å². The molecule has 1 aromatic carbocycles. The van der Waals surface area contributed by atoms with E-state index in [1.165, 1.54) is 29.2 Å². The number of hydrogen-bond donors (Lipinski definition) is 0. The Bertz CT molecular complexity index is 588. The van der Waals surface area contributed by atoms with Gasteiger partial charge in [0.25, 0.3) is 5.69 Å². The van der Waals surface area contributed by atoms with Crippen molar-refractivity contribution in [2.45, 2.75) is 17.0 Å². The SMILES string of the molecule is Cc1nnc(SCc2ccc(Cl)c([N+](=O)[O-])c2)s1. The minimum absolute atomic E-state index is 0.0665. The molecule has 8 heteroatoms. The van der Waals surface area contributed by atoms with Gasteiger partial charge >= 0.3 is 0 Å². The van der Waals surface area contributed by atoms with Gasteiger partial charge in [-0.1, -0.05) is 40.8 Å². The summed E-state index contributed by atoms with van der Waals surface area (Å²) in [5, 5.41) is 19.7. The molecule has 2 rings (SSSR count). The van der Waals surface area contributed by atoms with Gasteiger partial charge in [0.1, 0.15) is 10.0 Å². The standard InChI is InChI=1S/C10H8ClN3O2S2/c1-6-12-13-10(18-6)17-5-7-2-3-8(11)9(4-7)14(15)16/h2-4H,5H2,1H3. The zero-order valence-electron chi connectivity index (χ0n) is 9.29. The lowest BCUT2D eigenvalue weighted by atomic mass is 10.2. The maximum atomic E-state index is 10.7. The van der Waals surface area contributed by atoms with Gasteiger partial charge in [0.15, 0.2) is 4.34 Å². The number of nitro groups is 1. The van der Waals surface area contributed by atoms with E-state index in [4.69, 9.17) is 11.6 Å². The smallest absolute Gasteiger partial charge is 0.258 e. The third kappa shape index (κ3) is 3.18. The van der Waals surface area contributed by atoms with Crippen LogP contribution in [-0.4, -0.2) is 15.1 Å². The predicted octanol–water partition coefficient (Wildman–Crippen LogP) is 3.70. The Kier molecular flexibility index (Phi) is 4.15. The second kappa shape index (κ2) is 5.64. The van der Waals surface area contributed by atoms with Gasteiger partial charge in [0, 0.05) is 11.8 Å². The van der Waals surface area contributed by atoms with Gasteiger partial charge in [-0.2, -0.15) is 0 Å². The molecule has 0 saturated heterocycles. The molecule has 1 aromatic heterocycles. The first-order valence-corrected chi connectivity index (χ1v) is 7.10. The Morgan fingerprint density at radius 1 is 1.50 bits per heavy atom. The Morgan fingerprint density at radius 3 is 2.89 bits per heavy atom. The fourth-order valence-electron chi connectivity index (χ4n) is 1.27. The van der Waals surface area contributed by atoms with E-state index in [9.17, 15) is 10.1 Å². The van der Waals surface area contributed by atoms with Crippen LogP contribution in [0.1, 0.15) is 10.6 Å². The van der Waals surface area contributed by atoms with Gasteiger partial charge in [-0.3, -0.25) is 10.1 Å². The molecule has 0 unspecified atom stereocenters. The Labute approximate surface area is 116 Å². The molecule has 0 fully saturated rings. The van der Waals surface area contributed by atoms with E-state index in [0.717, 1.165) is 14.9 Å². The van der Waals surface area contributed by atoms with Crippen LogP contribution in [0.3, 0.4) is 0 Å². The van der Waals surface area contributed by atoms with E-state index < -0.39 is 4.92 Å². The van der Waals surface area contributed by atoms with Crippen LogP contribution in [0.25, 0.3) is 0 Å². The van der Waals surface area contributed by atoms with E-state index in [1.54, 1.807) is 12.1 Å².